The molecule has 2 heteroatoms. The summed E-state index contributed by atoms with van der Waals surface area (Å²) in [6.07, 6.45) is 8.02. The zero-order chi connectivity index (χ0) is 13.7. The lowest BCUT2D eigenvalue weighted by Gasteiger charge is -2.27. The maximum absolute atomic E-state index is 5.98. The van der Waals surface area contributed by atoms with Gasteiger partial charge in [0.2, 0.25) is 0 Å². The first-order chi connectivity index (χ1) is 9.20. The van der Waals surface area contributed by atoms with Gasteiger partial charge >= 0.3 is 0 Å². The summed E-state index contributed by atoms with van der Waals surface area (Å²) in [5.74, 6) is 0.867. The maximum atomic E-state index is 5.98. The molecule has 1 saturated carbocycles. The van der Waals surface area contributed by atoms with Crippen LogP contribution in [0.3, 0.4) is 0 Å². The monoisotopic (exact) mass is 279 g/mol. The Balaban J connectivity index is 2.00. The minimum absolute atomic E-state index is 0.470. The Kier molecular flexibility index (Phi) is 5.72. The first-order valence-electron chi connectivity index (χ1n) is 7.72. The van der Waals surface area contributed by atoms with Crippen LogP contribution < -0.4 is 5.32 Å². The van der Waals surface area contributed by atoms with Crippen LogP contribution >= 0.6 is 11.6 Å². The Morgan fingerprint density at radius 2 is 1.84 bits per heavy atom. The highest BCUT2D eigenvalue weighted by molar-refractivity contribution is 6.30. The third-order valence-corrected chi connectivity index (χ3v) is 4.67. The van der Waals surface area contributed by atoms with Crippen molar-refractivity contribution in [1.29, 1.82) is 0 Å². The largest absolute Gasteiger partial charge is 0.307 e. The molecular formula is C17H26ClN. The molecule has 1 aromatic rings. The summed E-state index contributed by atoms with van der Waals surface area (Å²) >= 11 is 5.98. The number of nitrogens with one attached hydrogen (secondary N) is 1. The summed E-state index contributed by atoms with van der Waals surface area (Å²) in [6.45, 7) is 4.61. The van der Waals surface area contributed by atoms with Crippen LogP contribution in [-0.2, 0) is 0 Å². The van der Waals surface area contributed by atoms with E-state index in [1.54, 1.807) is 0 Å². The molecule has 0 aromatic heterocycles. The van der Waals surface area contributed by atoms with Crippen LogP contribution in [0.2, 0.25) is 5.02 Å². The van der Waals surface area contributed by atoms with Crippen LogP contribution in [0.1, 0.15) is 64.0 Å². The number of hydrogen-bond acceptors (Lipinski definition) is 1. The zero-order valence-corrected chi connectivity index (χ0v) is 12.9. The van der Waals surface area contributed by atoms with Gasteiger partial charge in [-0.15, -0.1) is 0 Å². The molecule has 1 aromatic carbocycles. The molecule has 0 bridgehead atoms. The summed E-state index contributed by atoms with van der Waals surface area (Å²) in [7, 11) is 0. The number of rotatable bonds is 6. The normalized spacial score (nSPS) is 19.5. The van der Waals surface area contributed by atoms with Gasteiger partial charge in [-0.1, -0.05) is 49.9 Å². The lowest BCUT2D eigenvalue weighted by Crippen LogP contribution is -2.35. The number of benzene rings is 1. The topological polar surface area (TPSA) is 12.0 Å². The second-order valence-electron chi connectivity index (χ2n) is 5.89. The van der Waals surface area contributed by atoms with Crippen molar-refractivity contribution >= 4 is 11.6 Å². The molecule has 1 N–H and O–H groups in total. The van der Waals surface area contributed by atoms with E-state index in [1.165, 1.54) is 44.1 Å². The summed E-state index contributed by atoms with van der Waals surface area (Å²) in [4.78, 5) is 0. The fraction of sp³-hybridized carbons (Fsp3) is 0.647. The van der Waals surface area contributed by atoms with E-state index in [0.717, 1.165) is 10.9 Å². The Hall–Kier alpha value is -0.530. The summed E-state index contributed by atoms with van der Waals surface area (Å²) in [5, 5.41) is 4.67. The highest BCUT2D eigenvalue weighted by Gasteiger charge is 2.23. The highest BCUT2D eigenvalue weighted by atomic mass is 35.5. The van der Waals surface area contributed by atoms with E-state index in [9.17, 15) is 0 Å². The zero-order valence-electron chi connectivity index (χ0n) is 12.2. The van der Waals surface area contributed by atoms with E-state index >= 15 is 0 Å². The van der Waals surface area contributed by atoms with Crippen molar-refractivity contribution in [3.8, 4) is 0 Å². The highest BCUT2D eigenvalue weighted by Crippen LogP contribution is 2.30. The average Bonchev–Trinajstić information content (AvgIpc) is 2.93. The molecule has 0 aliphatic heterocycles. The molecule has 0 saturated heterocycles. The molecule has 1 fully saturated rings. The minimum atomic E-state index is 0.470. The van der Waals surface area contributed by atoms with E-state index in [2.05, 4.69) is 31.3 Å². The SMILES string of the molecule is CCCC(N[C@H](C)C1CCCC1)c1ccc(Cl)cc1. The molecule has 106 valence electrons. The van der Waals surface area contributed by atoms with Crippen LogP contribution in [0.25, 0.3) is 0 Å². The molecule has 1 aliphatic carbocycles. The van der Waals surface area contributed by atoms with Crippen molar-refractivity contribution in [1.82, 2.24) is 5.32 Å². The van der Waals surface area contributed by atoms with Gasteiger partial charge in [0, 0.05) is 17.1 Å². The average molecular weight is 280 g/mol. The Labute approximate surface area is 122 Å². The predicted octanol–water partition coefficient (Wildman–Crippen LogP) is 5.35. The van der Waals surface area contributed by atoms with Crippen LogP contribution in [0.4, 0.5) is 0 Å². The van der Waals surface area contributed by atoms with Gasteiger partial charge in [-0.3, -0.25) is 0 Å². The van der Waals surface area contributed by atoms with Crippen LogP contribution in [0.5, 0.6) is 0 Å². The van der Waals surface area contributed by atoms with Crippen molar-refractivity contribution in [3.05, 3.63) is 34.9 Å². The maximum Gasteiger partial charge on any atom is 0.0406 e. The lowest BCUT2D eigenvalue weighted by molar-refractivity contribution is 0.333. The van der Waals surface area contributed by atoms with E-state index in [0.29, 0.717) is 12.1 Å². The Bertz CT molecular complexity index is 367. The second kappa shape index (κ2) is 7.31. The molecular weight excluding hydrogens is 254 g/mol. The third-order valence-electron chi connectivity index (χ3n) is 4.42. The van der Waals surface area contributed by atoms with Gasteiger partial charge in [0.1, 0.15) is 0 Å². The van der Waals surface area contributed by atoms with Gasteiger partial charge in [-0.25, -0.2) is 0 Å². The molecule has 1 aliphatic rings. The van der Waals surface area contributed by atoms with E-state index < -0.39 is 0 Å². The van der Waals surface area contributed by atoms with Crippen molar-refractivity contribution < 1.29 is 0 Å². The molecule has 0 radical (unpaired) electrons. The lowest BCUT2D eigenvalue weighted by atomic mass is 9.95. The predicted molar refractivity (Wildman–Crippen MR) is 83.7 cm³/mol. The molecule has 19 heavy (non-hydrogen) atoms. The fourth-order valence-electron chi connectivity index (χ4n) is 3.24. The van der Waals surface area contributed by atoms with Crippen molar-refractivity contribution in [2.24, 2.45) is 5.92 Å². The molecule has 0 amide bonds. The van der Waals surface area contributed by atoms with Gasteiger partial charge < -0.3 is 5.32 Å². The molecule has 0 heterocycles. The fourth-order valence-corrected chi connectivity index (χ4v) is 3.37. The van der Waals surface area contributed by atoms with Crippen molar-refractivity contribution in [2.45, 2.75) is 64.5 Å². The second-order valence-corrected chi connectivity index (χ2v) is 6.33. The van der Waals surface area contributed by atoms with Gasteiger partial charge in [-0.05, 0) is 49.8 Å². The summed E-state index contributed by atoms with van der Waals surface area (Å²) in [5.41, 5.74) is 1.37. The van der Waals surface area contributed by atoms with E-state index in [1.807, 2.05) is 12.1 Å². The van der Waals surface area contributed by atoms with E-state index in [4.69, 9.17) is 11.6 Å². The van der Waals surface area contributed by atoms with Gasteiger partial charge in [0.15, 0.2) is 0 Å². The molecule has 2 atom stereocenters. The molecule has 0 spiro atoms. The standard InChI is InChI=1S/C17H26ClN/c1-3-6-17(15-9-11-16(18)12-10-15)19-13(2)14-7-4-5-8-14/h9-14,17,19H,3-8H2,1-2H3/t13-,17?/m1/s1. The van der Waals surface area contributed by atoms with Gasteiger partial charge in [0.05, 0.1) is 0 Å². The smallest absolute Gasteiger partial charge is 0.0406 e. The van der Waals surface area contributed by atoms with Crippen molar-refractivity contribution in [2.75, 3.05) is 0 Å². The van der Waals surface area contributed by atoms with Gasteiger partial charge in [0.25, 0.3) is 0 Å². The molecule has 1 unspecified atom stereocenters. The third kappa shape index (κ3) is 4.22. The number of halogens is 1. The van der Waals surface area contributed by atoms with Crippen LogP contribution in [0, 0.1) is 5.92 Å². The molecule has 2 rings (SSSR count). The Morgan fingerprint density at radius 1 is 1.21 bits per heavy atom. The van der Waals surface area contributed by atoms with Crippen LogP contribution in [-0.4, -0.2) is 6.04 Å². The first-order valence-corrected chi connectivity index (χ1v) is 8.10. The quantitative estimate of drug-likeness (QED) is 0.740. The van der Waals surface area contributed by atoms with Crippen LogP contribution in [0.15, 0.2) is 24.3 Å². The first kappa shape index (κ1) is 14.9. The molecule has 1 nitrogen and oxygen atoms in total. The minimum Gasteiger partial charge on any atom is -0.307 e. The van der Waals surface area contributed by atoms with Gasteiger partial charge in [-0.2, -0.15) is 0 Å². The Morgan fingerprint density at radius 3 is 2.42 bits per heavy atom. The summed E-state index contributed by atoms with van der Waals surface area (Å²) in [6, 6.07) is 9.42. The van der Waals surface area contributed by atoms with Crippen molar-refractivity contribution in [3.63, 3.8) is 0 Å². The number of hydrogen-bond donors (Lipinski definition) is 1. The summed E-state index contributed by atoms with van der Waals surface area (Å²) < 4.78 is 0. The van der Waals surface area contributed by atoms with E-state index in [-0.39, 0.29) is 0 Å².